The largest absolute Gasteiger partial charge is 0.452 e. The Kier molecular flexibility index (Phi) is 5.98. The summed E-state index contributed by atoms with van der Waals surface area (Å²) in [5, 5.41) is 6.94. The van der Waals surface area contributed by atoms with E-state index >= 15 is 0 Å². The monoisotopic (exact) mass is 362 g/mol. The molecule has 7 heteroatoms. The standard InChI is InChI=1S/C18H19ClN2O4/c1-18(2,3)14-10-16(25-21-14)20-15(22)11-24-17(23)8-7-12-5-4-6-13(19)9-12/h4-10H,11H2,1-3H3,(H,20,22)/b8-7+. The van der Waals surface area contributed by atoms with Gasteiger partial charge in [-0.1, -0.05) is 49.7 Å². The van der Waals surface area contributed by atoms with Gasteiger partial charge in [0.25, 0.3) is 5.91 Å². The zero-order valence-electron chi connectivity index (χ0n) is 14.2. The number of anilines is 1. The van der Waals surface area contributed by atoms with Crippen molar-refractivity contribution in [1.82, 2.24) is 5.16 Å². The van der Waals surface area contributed by atoms with Gasteiger partial charge in [-0.3, -0.25) is 10.1 Å². The van der Waals surface area contributed by atoms with E-state index in [9.17, 15) is 9.59 Å². The van der Waals surface area contributed by atoms with Crippen molar-refractivity contribution < 1.29 is 18.8 Å². The lowest BCUT2D eigenvalue weighted by Crippen LogP contribution is -2.19. The van der Waals surface area contributed by atoms with Gasteiger partial charge in [0.05, 0.1) is 5.69 Å². The van der Waals surface area contributed by atoms with E-state index in [-0.39, 0.29) is 11.3 Å². The number of nitrogens with zero attached hydrogens (tertiary/aromatic N) is 1. The first-order chi connectivity index (χ1) is 11.7. The fourth-order valence-corrected chi connectivity index (χ4v) is 2.02. The molecule has 25 heavy (non-hydrogen) atoms. The maximum atomic E-state index is 11.8. The Labute approximate surface area is 150 Å². The number of amides is 1. The Bertz CT molecular complexity index is 790. The molecular weight excluding hydrogens is 344 g/mol. The lowest BCUT2D eigenvalue weighted by molar-refractivity contribution is -0.142. The zero-order chi connectivity index (χ0) is 18.4. The summed E-state index contributed by atoms with van der Waals surface area (Å²) in [6.45, 7) is 5.50. The molecule has 2 rings (SSSR count). The first-order valence-electron chi connectivity index (χ1n) is 7.61. The molecule has 0 aliphatic carbocycles. The minimum absolute atomic E-state index is 0.190. The third-order valence-electron chi connectivity index (χ3n) is 3.15. The van der Waals surface area contributed by atoms with Crippen molar-refractivity contribution in [3.8, 4) is 0 Å². The molecule has 0 aliphatic heterocycles. The molecule has 2 aromatic rings. The van der Waals surface area contributed by atoms with Crippen LogP contribution in [0.3, 0.4) is 0 Å². The lowest BCUT2D eigenvalue weighted by Gasteiger charge is -2.12. The van der Waals surface area contributed by atoms with Crippen molar-refractivity contribution in [3.63, 3.8) is 0 Å². The lowest BCUT2D eigenvalue weighted by atomic mass is 9.92. The van der Waals surface area contributed by atoms with Gasteiger partial charge in [0.2, 0.25) is 5.88 Å². The van der Waals surface area contributed by atoms with Crippen molar-refractivity contribution in [2.45, 2.75) is 26.2 Å². The normalized spacial score (nSPS) is 11.5. The highest BCUT2D eigenvalue weighted by Gasteiger charge is 2.19. The van der Waals surface area contributed by atoms with Gasteiger partial charge in [0.1, 0.15) is 0 Å². The number of esters is 1. The topological polar surface area (TPSA) is 81.4 Å². The second-order valence-corrected chi connectivity index (χ2v) is 6.81. The predicted octanol–water partition coefficient (Wildman–Crippen LogP) is 3.82. The minimum Gasteiger partial charge on any atom is -0.452 e. The summed E-state index contributed by atoms with van der Waals surface area (Å²) in [6.07, 6.45) is 2.78. The van der Waals surface area contributed by atoms with Crippen molar-refractivity contribution in [3.05, 3.63) is 52.7 Å². The second kappa shape index (κ2) is 7.98. The molecule has 0 saturated carbocycles. The summed E-state index contributed by atoms with van der Waals surface area (Å²) in [6, 6.07) is 8.63. The molecule has 0 atom stereocenters. The first kappa shape index (κ1) is 18.7. The maximum Gasteiger partial charge on any atom is 0.331 e. The van der Waals surface area contributed by atoms with Crippen molar-refractivity contribution >= 4 is 35.4 Å². The highest BCUT2D eigenvalue weighted by atomic mass is 35.5. The van der Waals surface area contributed by atoms with Crippen LogP contribution in [0.2, 0.25) is 5.02 Å². The van der Waals surface area contributed by atoms with Crippen molar-refractivity contribution in [2.75, 3.05) is 11.9 Å². The molecule has 1 heterocycles. The summed E-state index contributed by atoms with van der Waals surface area (Å²) in [4.78, 5) is 23.4. The molecule has 1 N–H and O–H groups in total. The van der Waals surface area contributed by atoms with Crippen LogP contribution in [0.1, 0.15) is 32.0 Å². The minimum atomic E-state index is -0.636. The van der Waals surface area contributed by atoms with E-state index in [1.165, 1.54) is 6.08 Å². The number of carbonyl (C=O) groups is 2. The van der Waals surface area contributed by atoms with Gasteiger partial charge >= 0.3 is 5.97 Å². The molecule has 0 aliphatic rings. The fraction of sp³-hybridized carbons (Fsp3) is 0.278. The smallest absolute Gasteiger partial charge is 0.331 e. The van der Waals surface area contributed by atoms with Crippen LogP contribution >= 0.6 is 11.6 Å². The van der Waals surface area contributed by atoms with Crippen LogP contribution in [-0.4, -0.2) is 23.6 Å². The van der Waals surface area contributed by atoms with Crippen LogP contribution < -0.4 is 5.32 Å². The maximum absolute atomic E-state index is 11.8. The number of halogens is 1. The summed E-state index contributed by atoms with van der Waals surface area (Å²) in [7, 11) is 0. The van der Waals surface area contributed by atoms with E-state index in [0.717, 1.165) is 5.56 Å². The molecule has 0 unspecified atom stereocenters. The zero-order valence-corrected chi connectivity index (χ0v) is 15.0. The van der Waals surface area contributed by atoms with Gasteiger partial charge in [-0.25, -0.2) is 4.79 Å². The first-order valence-corrected chi connectivity index (χ1v) is 7.99. The average molecular weight is 363 g/mol. The molecular formula is C18H19ClN2O4. The van der Waals surface area contributed by atoms with Crippen LogP contribution in [0, 0.1) is 0 Å². The number of nitrogens with one attached hydrogen (secondary N) is 1. The van der Waals surface area contributed by atoms with Crippen molar-refractivity contribution in [2.24, 2.45) is 0 Å². The number of carbonyl (C=O) groups excluding carboxylic acids is 2. The Hall–Kier alpha value is -2.60. The van der Waals surface area contributed by atoms with Gasteiger partial charge < -0.3 is 9.26 Å². The third-order valence-corrected chi connectivity index (χ3v) is 3.38. The summed E-state index contributed by atoms with van der Waals surface area (Å²) in [5.74, 6) is -0.940. The molecule has 1 aromatic heterocycles. The molecule has 0 spiro atoms. The second-order valence-electron chi connectivity index (χ2n) is 6.37. The van der Waals surface area contributed by atoms with Crippen LogP contribution in [0.5, 0.6) is 0 Å². The molecule has 6 nitrogen and oxygen atoms in total. The van der Waals surface area contributed by atoms with E-state index in [1.54, 1.807) is 36.4 Å². The molecule has 0 bridgehead atoms. The SMILES string of the molecule is CC(C)(C)c1cc(NC(=O)COC(=O)/C=C/c2cccc(Cl)c2)on1. The van der Waals surface area contributed by atoms with Gasteiger partial charge in [0, 0.05) is 22.6 Å². The molecule has 0 fully saturated rings. The van der Waals surface area contributed by atoms with Gasteiger partial charge in [-0.05, 0) is 23.8 Å². The number of hydrogen-bond acceptors (Lipinski definition) is 5. The Morgan fingerprint density at radius 2 is 2.08 bits per heavy atom. The number of benzene rings is 1. The quantitative estimate of drug-likeness (QED) is 0.646. The van der Waals surface area contributed by atoms with E-state index < -0.39 is 18.5 Å². The van der Waals surface area contributed by atoms with Crippen molar-refractivity contribution in [1.29, 1.82) is 0 Å². The number of rotatable bonds is 5. The average Bonchev–Trinajstić information content (AvgIpc) is 3.00. The fourth-order valence-electron chi connectivity index (χ4n) is 1.82. The van der Waals surface area contributed by atoms with Gasteiger partial charge in [-0.2, -0.15) is 0 Å². The van der Waals surface area contributed by atoms with E-state index in [4.69, 9.17) is 20.9 Å². The van der Waals surface area contributed by atoms with E-state index in [2.05, 4.69) is 10.5 Å². The van der Waals surface area contributed by atoms with Gasteiger partial charge in [-0.15, -0.1) is 0 Å². The highest BCUT2D eigenvalue weighted by molar-refractivity contribution is 6.30. The molecule has 1 aromatic carbocycles. The third kappa shape index (κ3) is 6.08. The van der Waals surface area contributed by atoms with Crippen LogP contribution in [0.15, 0.2) is 40.9 Å². The number of ether oxygens (including phenoxy) is 1. The van der Waals surface area contributed by atoms with Crippen LogP contribution in [-0.2, 0) is 19.7 Å². The Morgan fingerprint density at radius 1 is 1.32 bits per heavy atom. The van der Waals surface area contributed by atoms with Crippen LogP contribution in [0.25, 0.3) is 6.08 Å². The molecule has 1 amide bonds. The summed E-state index contributed by atoms with van der Waals surface area (Å²) >= 11 is 5.85. The highest BCUT2D eigenvalue weighted by Crippen LogP contribution is 2.23. The predicted molar refractivity (Wildman–Crippen MR) is 95.3 cm³/mol. The Morgan fingerprint density at radius 3 is 2.72 bits per heavy atom. The van der Waals surface area contributed by atoms with Crippen LogP contribution in [0.4, 0.5) is 5.88 Å². The summed E-state index contributed by atoms with van der Waals surface area (Å²) < 4.78 is 9.91. The molecule has 132 valence electrons. The van der Waals surface area contributed by atoms with Gasteiger partial charge in [0.15, 0.2) is 6.61 Å². The number of aromatic nitrogens is 1. The molecule has 0 radical (unpaired) electrons. The molecule has 0 saturated heterocycles. The van der Waals surface area contributed by atoms with E-state index in [0.29, 0.717) is 10.7 Å². The Balaban J connectivity index is 1.81. The van der Waals surface area contributed by atoms with E-state index in [1.807, 2.05) is 20.8 Å². The number of hydrogen-bond donors (Lipinski definition) is 1. The summed E-state index contributed by atoms with van der Waals surface area (Å²) in [5.41, 5.74) is 1.28.